The minimum Gasteiger partial charge on any atom is -0.362 e. The number of thiazole rings is 2. The number of nitrogens with zero attached hydrogens (tertiary/aromatic N) is 3. The molecule has 0 aliphatic rings. The number of rotatable bonds is 8. The number of nitrogens with one attached hydrogen (secondary N) is 1. The molecule has 20 heavy (non-hydrogen) atoms. The minimum atomic E-state index is 0.987. The number of hydrogen-bond donors (Lipinski definition) is 1. The van der Waals surface area contributed by atoms with Crippen LogP contribution in [0.5, 0.6) is 0 Å². The van der Waals surface area contributed by atoms with Crippen LogP contribution in [0.25, 0.3) is 11.4 Å². The molecular weight excluding hydrogens is 288 g/mol. The summed E-state index contributed by atoms with van der Waals surface area (Å²) < 4.78 is 0. The summed E-state index contributed by atoms with van der Waals surface area (Å²) in [6.07, 6.45) is 3.39. The Hall–Kier alpha value is -0.980. The van der Waals surface area contributed by atoms with E-state index in [-0.39, 0.29) is 0 Å². The average Bonchev–Trinajstić information content (AvgIpc) is 3.05. The maximum Gasteiger partial charge on any atom is 0.183 e. The molecule has 2 rings (SSSR count). The molecule has 0 aromatic carbocycles. The first kappa shape index (κ1) is 15.4. The summed E-state index contributed by atoms with van der Waals surface area (Å²) in [4.78, 5) is 11.5. The second-order valence-corrected chi connectivity index (χ2v) is 6.80. The SMILES string of the molecule is CCCCNc1nc(-c2csc(CCN(C)C)n2)cs1. The molecule has 4 nitrogen and oxygen atoms in total. The van der Waals surface area contributed by atoms with E-state index in [0.717, 1.165) is 36.0 Å². The lowest BCUT2D eigenvalue weighted by atomic mass is 10.3. The van der Waals surface area contributed by atoms with Gasteiger partial charge in [-0.2, -0.15) is 0 Å². The predicted octanol–water partition coefficient (Wildman–Crippen LogP) is 3.58. The second kappa shape index (κ2) is 7.71. The number of hydrogen-bond acceptors (Lipinski definition) is 6. The lowest BCUT2D eigenvalue weighted by Gasteiger charge is -2.06. The van der Waals surface area contributed by atoms with Crippen molar-refractivity contribution < 1.29 is 0 Å². The molecule has 2 aromatic rings. The highest BCUT2D eigenvalue weighted by atomic mass is 32.1. The first-order valence-corrected chi connectivity index (χ1v) is 8.74. The zero-order valence-electron chi connectivity index (χ0n) is 12.3. The van der Waals surface area contributed by atoms with Crippen LogP contribution in [0.4, 0.5) is 5.13 Å². The molecule has 0 radical (unpaired) electrons. The molecule has 0 aliphatic heterocycles. The van der Waals surface area contributed by atoms with Gasteiger partial charge in [-0.05, 0) is 20.5 Å². The topological polar surface area (TPSA) is 41.1 Å². The summed E-state index contributed by atoms with van der Waals surface area (Å²) in [5, 5.41) is 9.73. The third kappa shape index (κ3) is 4.54. The van der Waals surface area contributed by atoms with Gasteiger partial charge in [0.05, 0.1) is 5.01 Å². The van der Waals surface area contributed by atoms with E-state index in [1.165, 1.54) is 17.8 Å². The second-order valence-electron chi connectivity index (χ2n) is 5.00. The fraction of sp³-hybridized carbons (Fsp3) is 0.571. The zero-order chi connectivity index (χ0) is 14.4. The normalized spacial score (nSPS) is 11.2. The van der Waals surface area contributed by atoms with Gasteiger partial charge in [0, 0.05) is 30.3 Å². The van der Waals surface area contributed by atoms with Crippen molar-refractivity contribution in [1.29, 1.82) is 0 Å². The summed E-state index contributed by atoms with van der Waals surface area (Å²) in [5.41, 5.74) is 1.99. The molecule has 0 spiro atoms. The highest BCUT2D eigenvalue weighted by Crippen LogP contribution is 2.26. The zero-order valence-corrected chi connectivity index (χ0v) is 14.0. The maximum absolute atomic E-state index is 4.67. The molecule has 0 bridgehead atoms. The average molecular weight is 310 g/mol. The van der Waals surface area contributed by atoms with E-state index in [0.29, 0.717) is 0 Å². The van der Waals surface area contributed by atoms with E-state index in [1.54, 1.807) is 22.7 Å². The monoisotopic (exact) mass is 310 g/mol. The Morgan fingerprint density at radius 3 is 2.65 bits per heavy atom. The predicted molar refractivity (Wildman–Crippen MR) is 88.9 cm³/mol. The molecule has 2 heterocycles. The van der Waals surface area contributed by atoms with Crippen LogP contribution < -0.4 is 5.32 Å². The molecule has 0 aliphatic carbocycles. The molecule has 2 aromatic heterocycles. The van der Waals surface area contributed by atoms with Gasteiger partial charge in [0.15, 0.2) is 5.13 Å². The molecule has 1 N–H and O–H groups in total. The van der Waals surface area contributed by atoms with Crippen LogP contribution in [0.3, 0.4) is 0 Å². The Bertz CT molecular complexity index is 519. The van der Waals surface area contributed by atoms with Gasteiger partial charge in [-0.3, -0.25) is 0 Å². The first-order valence-electron chi connectivity index (χ1n) is 6.98. The lowest BCUT2D eigenvalue weighted by molar-refractivity contribution is 0.413. The Morgan fingerprint density at radius 2 is 1.90 bits per heavy atom. The lowest BCUT2D eigenvalue weighted by Crippen LogP contribution is -2.14. The number of aromatic nitrogens is 2. The number of anilines is 1. The standard InChI is InChI=1S/C14H22N4S2/c1-4-5-7-15-14-17-12(10-20-14)11-9-19-13(16-11)6-8-18(2)3/h9-10H,4-8H2,1-3H3,(H,15,17). The molecule has 0 fully saturated rings. The summed E-state index contributed by atoms with van der Waals surface area (Å²) in [5.74, 6) is 0. The van der Waals surface area contributed by atoms with Crippen LogP contribution in [-0.2, 0) is 6.42 Å². The van der Waals surface area contributed by atoms with Gasteiger partial charge in [-0.1, -0.05) is 13.3 Å². The largest absolute Gasteiger partial charge is 0.362 e. The number of unbranched alkanes of at least 4 members (excludes halogenated alkanes) is 1. The van der Waals surface area contributed by atoms with Gasteiger partial charge < -0.3 is 10.2 Å². The van der Waals surface area contributed by atoms with Gasteiger partial charge in [-0.25, -0.2) is 9.97 Å². The van der Waals surface area contributed by atoms with Crippen molar-refractivity contribution in [2.75, 3.05) is 32.5 Å². The van der Waals surface area contributed by atoms with Crippen molar-refractivity contribution in [2.45, 2.75) is 26.2 Å². The van der Waals surface area contributed by atoms with Gasteiger partial charge >= 0.3 is 0 Å². The van der Waals surface area contributed by atoms with Crippen molar-refractivity contribution >= 4 is 27.8 Å². The molecule has 0 saturated carbocycles. The maximum atomic E-state index is 4.67. The Balaban J connectivity index is 1.94. The summed E-state index contributed by atoms with van der Waals surface area (Å²) in [6.45, 7) is 4.22. The van der Waals surface area contributed by atoms with Gasteiger partial charge in [0.2, 0.25) is 0 Å². The molecule has 110 valence electrons. The number of likely N-dealkylation sites (N-methyl/N-ethyl adjacent to an activating group) is 1. The Labute approximate surface area is 128 Å². The van der Waals surface area contributed by atoms with Crippen LogP contribution >= 0.6 is 22.7 Å². The van der Waals surface area contributed by atoms with E-state index in [1.807, 2.05) is 0 Å². The van der Waals surface area contributed by atoms with Crippen molar-refractivity contribution in [1.82, 2.24) is 14.9 Å². The van der Waals surface area contributed by atoms with Crippen molar-refractivity contribution in [3.8, 4) is 11.4 Å². The van der Waals surface area contributed by atoms with Crippen LogP contribution in [0.1, 0.15) is 24.8 Å². The summed E-state index contributed by atoms with van der Waals surface area (Å²) in [7, 11) is 4.17. The van der Waals surface area contributed by atoms with Crippen molar-refractivity contribution in [3.63, 3.8) is 0 Å². The smallest absolute Gasteiger partial charge is 0.183 e. The molecule has 6 heteroatoms. The van der Waals surface area contributed by atoms with Crippen molar-refractivity contribution in [2.24, 2.45) is 0 Å². The van der Waals surface area contributed by atoms with Crippen LogP contribution in [0.15, 0.2) is 10.8 Å². The highest BCUT2D eigenvalue weighted by Gasteiger charge is 2.09. The minimum absolute atomic E-state index is 0.987. The Kier molecular flexibility index (Phi) is 5.94. The van der Waals surface area contributed by atoms with E-state index in [2.05, 4.69) is 52.0 Å². The third-order valence-corrected chi connectivity index (χ3v) is 4.61. The van der Waals surface area contributed by atoms with Gasteiger partial charge in [0.1, 0.15) is 11.4 Å². The fourth-order valence-electron chi connectivity index (χ4n) is 1.71. The molecule has 0 saturated heterocycles. The summed E-state index contributed by atoms with van der Waals surface area (Å²) in [6, 6.07) is 0. The van der Waals surface area contributed by atoms with Crippen LogP contribution in [0, 0.1) is 0 Å². The fourth-order valence-corrected chi connectivity index (χ4v) is 3.22. The quantitative estimate of drug-likeness (QED) is 0.757. The highest BCUT2D eigenvalue weighted by molar-refractivity contribution is 7.14. The van der Waals surface area contributed by atoms with E-state index >= 15 is 0 Å². The Morgan fingerprint density at radius 1 is 1.15 bits per heavy atom. The van der Waals surface area contributed by atoms with Crippen LogP contribution in [0.2, 0.25) is 0 Å². The third-order valence-electron chi connectivity index (χ3n) is 2.90. The van der Waals surface area contributed by atoms with Crippen LogP contribution in [-0.4, -0.2) is 42.1 Å². The van der Waals surface area contributed by atoms with E-state index in [9.17, 15) is 0 Å². The summed E-state index contributed by atoms with van der Waals surface area (Å²) >= 11 is 3.38. The van der Waals surface area contributed by atoms with E-state index < -0.39 is 0 Å². The van der Waals surface area contributed by atoms with Crippen molar-refractivity contribution in [3.05, 3.63) is 15.8 Å². The molecular formula is C14H22N4S2. The molecule has 0 amide bonds. The first-order chi connectivity index (χ1) is 9.69. The molecule has 0 atom stereocenters. The van der Waals surface area contributed by atoms with Gasteiger partial charge in [-0.15, -0.1) is 22.7 Å². The van der Waals surface area contributed by atoms with E-state index in [4.69, 9.17) is 0 Å². The molecule has 0 unspecified atom stereocenters. The van der Waals surface area contributed by atoms with Gasteiger partial charge in [0.25, 0.3) is 0 Å².